The first kappa shape index (κ1) is 37.3. The number of halogens is 1. The monoisotopic (exact) mass is 677 g/mol. The zero-order valence-corrected chi connectivity index (χ0v) is 29.5. The number of aromatic nitrogens is 4. The number of esters is 1. The molecule has 3 aromatic rings. The maximum atomic E-state index is 13.6. The Balaban J connectivity index is 1.35. The zero-order chi connectivity index (χ0) is 35.2. The van der Waals surface area contributed by atoms with Crippen molar-refractivity contribution in [3.05, 3.63) is 69.0 Å². The van der Waals surface area contributed by atoms with Gasteiger partial charge in [0, 0.05) is 57.8 Å². The Morgan fingerprint density at radius 3 is 2.49 bits per heavy atom. The predicted octanol–water partition coefficient (Wildman–Crippen LogP) is 4.09. The van der Waals surface area contributed by atoms with Crippen molar-refractivity contribution in [2.24, 2.45) is 0 Å². The van der Waals surface area contributed by atoms with E-state index in [1.807, 2.05) is 31.0 Å². The molecule has 0 saturated carbocycles. The first-order valence-corrected chi connectivity index (χ1v) is 17.7. The lowest BCUT2D eigenvalue weighted by Gasteiger charge is -2.38. The fourth-order valence-corrected chi connectivity index (χ4v) is 6.20. The van der Waals surface area contributed by atoms with E-state index in [9.17, 15) is 18.8 Å². The molecular formula is C37H52FN7O4. The zero-order valence-electron chi connectivity index (χ0n) is 29.5. The maximum Gasteiger partial charge on any atom is 0.307 e. The van der Waals surface area contributed by atoms with Crippen molar-refractivity contribution in [1.82, 2.24) is 24.4 Å². The SMILES string of the molecule is C/C=c1\c(=C/CC)nc(N2CCC(N(C)c3nccc(=O)n3COC(=O)CCCNC(=O)CCCCCC)CC2)n1Cc1ccc(F)cc1. The molecule has 1 amide bonds. The van der Waals surface area contributed by atoms with Gasteiger partial charge >= 0.3 is 5.97 Å². The highest BCUT2D eigenvalue weighted by Crippen LogP contribution is 2.23. The van der Waals surface area contributed by atoms with E-state index in [1.165, 1.54) is 29.0 Å². The van der Waals surface area contributed by atoms with Crippen LogP contribution in [-0.4, -0.2) is 63.7 Å². The molecule has 4 rings (SSSR count). The van der Waals surface area contributed by atoms with Gasteiger partial charge in [-0.2, -0.15) is 0 Å². The molecule has 0 atom stereocenters. The van der Waals surface area contributed by atoms with Crippen LogP contribution >= 0.6 is 0 Å². The number of unbranched alkanes of at least 4 members (excludes halogenated alkanes) is 3. The lowest BCUT2D eigenvalue weighted by molar-refractivity contribution is -0.147. The lowest BCUT2D eigenvalue weighted by Crippen LogP contribution is -2.46. The van der Waals surface area contributed by atoms with Crippen molar-refractivity contribution in [2.75, 3.05) is 36.5 Å². The molecule has 1 N–H and O–H groups in total. The maximum absolute atomic E-state index is 13.6. The molecule has 1 aromatic carbocycles. The molecule has 2 aromatic heterocycles. The van der Waals surface area contributed by atoms with E-state index < -0.39 is 5.97 Å². The van der Waals surface area contributed by atoms with Crippen LogP contribution in [0.15, 0.2) is 41.3 Å². The van der Waals surface area contributed by atoms with Crippen molar-refractivity contribution in [1.29, 1.82) is 0 Å². The standard InChI is InChI=1S/C37H52FN7O4/c1-5-8-9-10-13-33(46)39-22-11-14-35(48)49-27-45-34(47)19-23-40-36(45)42(4)30-20-24-43(25-21-30)37-41-31(12-6-2)32(7-3)44(37)26-28-15-17-29(38)18-16-28/h7,12,15-19,23,30H,5-6,8-11,13-14,20-22,24-27H2,1-4H3,(H,39,46)/b31-12+,32-7+. The molecular weight excluding hydrogens is 625 g/mol. The van der Waals surface area contributed by atoms with E-state index in [2.05, 4.69) is 45.8 Å². The lowest BCUT2D eigenvalue weighted by atomic mass is 10.0. The number of ether oxygens (including phenoxy) is 1. The molecule has 49 heavy (non-hydrogen) atoms. The molecule has 266 valence electrons. The number of hydrogen-bond acceptors (Lipinski definition) is 8. The number of imidazole rings is 1. The third-order valence-electron chi connectivity index (χ3n) is 8.96. The molecule has 1 aliphatic heterocycles. The van der Waals surface area contributed by atoms with Crippen LogP contribution in [0.1, 0.15) is 90.5 Å². The van der Waals surface area contributed by atoms with Gasteiger partial charge < -0.3 is 24.4 Å². The summed E-state index contributed by atoms with van der Waals surface area (Å²) in [6.45, 7) is 8.47. The average molecular weight is 678 g/mol. The summed E-state index contributed by atoms with van der Waals surface area (Å²) in [6.07, 6.45) is 13.4. The normalized spacial score (nSPS) is 14.3. The van der Waals surface area contributed by atoms with Crippen molar-refractivity contribution >= 4 is 35.9 Å². The van der Waals surface area contributed by atoms with Gasteiger partial charge in [0.2, 0.25) is 17.8 Å². The van der Waals surface area contributed by atoms with Crippen molar-refractivity contribution in [3.63, 3.8) is 0 Å². The van der Waals surface area contributed by atoms with Crippen molar-refractivity contribution in [3.8, 4) is 0 Å². The Kier molecular flexibility index (Phi) is 14.4. The molecule has 0 radical (unpaired) electrons. The Bertz CT molecular complexity index is 1690. The van der Waals surface area contributed by atoms with Crippen LogP contribution in [0, 0.1) is 5.82 Å². The van der Waals surface area contributed by atoms with Gasteiger partial charge in [-0.3, -0.25) is 14.4 Å². The summed E-state index contributed by atoms with van der Waals surface area (Å²) in [7, 11) is 1.92. The Hall–Kier alpha value is -4.48. The number of rotatable bonds is 17. The molecule has 11 nitrogen and oxygen atoms in total. The summed E-state index contributed by atoms with van der Waals surface area (Å²) in [6, 6.07) is 8.04. The van der Waals surface area contributed by atoms with Gasteiger partial charge in [-0.15, -0.1) is 0 Å². The van der Waals surface area contributed by atoms with E-state index >= 15 is 0 Å². The number of carbonyl (C=O) groups excluding carboxylic acids is 2. The van der Waals surface area contributed by atoms with Gasteiger partial charge in [-0.05, 0) is 56.7 Å². The first-order valence-electron chi connectivity index (χ1n) is 17.7. The highest BCUT2D eigenvalue weighted by Gasteiger charge is 2.28. The highest BCUT2D eigenvalue weighted by atomic mass is 19.1. The number of amides is 1. The summed E-state index contributed by atoms with van der Waals surface area (Å²) >= 11 is 0. The fraction of sp³-hybridized carbons (Fsp3) is 0.541. The molecule has 1 saturated heterocycles. The van der Waals surface area contributed by atoms with Crippen LogP contribution in [0.25, 0.3) is 12.2 Å². The Morgan fingerprint density at radius 1 is 1.04 bits per heavy atom. The number of nitrogens with zero attached hydrogens (tertiary/aromatic N) is 6. The Labute approximate surface area is 288 Å². The number of nitrogens with one attached hydrogen (secondary N) is 1. The number of anilines is 2. The van der Waals surface area contributed by atoms with E-state index in [1.54, 1.807) is 0 Å². The van der Waals surface area contributed by atoms with E-state index in [0.29, 0.717) is 31.9 Å². The smallest absolute Gasteiger partial charge is 0.307 e. The summed E-state index contributed by atoms with van der Waals surface area (Å²) in [5, 5.41) is 4.83. The van der Waals surface area contributed by atoms with Gasteiger partial charge in [0.25, 0.3) is 5.56 Å². The second kappa shape index (κ2) is 18.9. The van der Waals surface area contributed by atoms with Crippen LogP contribution in [0.5, 0.6) is 0 Å². The average Bonchev–Trinajstić information content (AvgIpc) is 3.45. The second-order valence-corrected chi connectivity index (χ2v) is 12.5. The molecule has 0 spiro atoms. The molecule has 0 aliphatic carbocycles. The van der Waals surface area contributed by atoms with Gasteiger partial charge in [-0.1, -0.05) is 57.4 Å². The Morgan fingerprint density at radius 2 is 1.80 bits per heavy atom. The summed E-state index contributed by atoms with van der Waals surface area (Å²) in [5.41, 5.74) is 0.692. The van der Waals surface area contributed by atoms with Crippen LogP contribution in [0.2, 0.25) is 0 Å². The van der Waals surface area contributed by atoms with E-state index in [0.717, 1.165) is 80.2 Å². The minimum Gasteiger partial charge on any atom is -0.444 e. The highest BCUT2D eigenvalue weighted by molar-refractivity contribution is 5.75. The third-order valence-corrected chi connectivity index (χ3v) is 8.96. The van der Waals surface area contributed by atoms with Gasteiger partial charge in [0.15, 0.2) is 6.73 Å². The summed E-state index contributed by atoms with van der Waals surface area (Å²) in [4.78, 5) is 51.2. The minimum atomic E-state index is -0.436. The molecule has 3 heterocycles. The molecule has 0 unspecified atom stereocenters. The van der Waals surface area contributed by atoms with Crippen LogP contribution in [-0.2, 0) is 27.6 Å². The van der Waals surface area contributed by atoms with Gasteiger partial charge in [0.1, 0.15) is 5.82 Å². The number of benzene rings is 1. The van der Waals surface area contributed by atoms with E-state index in [-0.39, 0.29) is 36.5 Å². The molecule has 1 aliphatic rings. The minimum absolute atomic E-state index is 0.00378. The predicted molar refractivity (Wildman–Crippen MR) is 191 cm³/mol. The number of carbonyl (C=O) groups is 2. The largest absolute Gasteiger partial charge is 0.444 e. The second-order valence-electron chi connectivity index (χ2n) is 12.5. The van der Waals surface area contributed by atoms with Crippen molar-refractivity contribution in [2.45, 2.75) is 104 Å². The van der Waals surface area contributed by atoms with Crippen LogP contribution < -0.4 is 31.4 Å². The molecule has 1 fully saturated rings. The molecule has 0 bridgehead atoms. The topological polar surface area (TPSA) is 115 Å². The van der Waals surface area contributed by atoms with Crippen LogP contribution in [0.3, 0.4) is 0 Å². The van der Waals surface area contributed by atoms with Gasteiger partial charge in [-0.25, -0.2) is 18.9 Å². The third kappa shape index (κ3) is 10.5. The first-order chi connectivity index (χ1) is 23.7. The fourth-order valence-electron chi connectivity index (χ4n) is 6.20. The van der Waals surface area contributed by atoms with Crippen LogP contribution in [0.4, 0.5) is 16.3 Å². The van der Waals surface area contributed by atoms with Crippen molar-refractivity contribution < 1.29 is 18.7 Å². The van der Waals surface area contributed by atoms with Gasteiger partial charge in [0.05, 0.1) is 17.2 Å². The number of hydrogen-bond donors (Lipinski definition) is 1. The quantitative estimate of drug-likeness (QED) is 0.168. The van der Waals surface area contributed by atoms with E-state index in [4.69, 9.17) is 9.72 Å². The summed E-state index contributed by atoms with van der Waals surface area (Å²) < 4.78 is 22.7. The summed E-state index contributed by atoms with van der Waals surface area (Å²) in [5.74, 6) is 0.629. The molecule has 12 heteroatoms. The number of piperidine rings is 1.